The van der Waals surface area contributed by atoms with Crippen LogP contribution in [0.4, 0.5) is 4.79 Å². The van der Waals surface area contributed by atoms with Crippen LogP contribution < -0.4 is 0 Å². The molecule has 0 aromatic heterocycles. The number of allylic oxidation sites excluding steroid dienone is 1. The van der Waals surface area contributed by atoms with Crippen LogP contribution in [0.2, 0.25) is 0 Å². The Balaban J connectivity index is 1.60. The third-order valence-corrected chi connectivity index (χ3v) is 13.7. The minimum atomic E-state index is -1.22. The summed E-state index contributed by atoms with van der Waals surface area (Å²) in [5, 5.41) is 32.4. The lowest BCUT2D eigenvalue weighted by atomic mass is 9.33. The van der Waals surface area contributed by atoms with E-state index >= 15 is 0 Å². The van der Waals surface area contributed by atoms with E-state index in [1.807, 2.05) is 6.92 Å². The molecule has 5 heteroatoms. The Labute approximate surface area is 218 Å². The molecule has 5 nitrogen and oxygen atoms in total. The van der Waals surface area contributed by atoms with Crippen LogP contribution in [0.15, 0.2) is 11.6 Å². The van der Waals surface area contributed by atoms with E-state index < -0.39 is 11.8 Å². The van der Waals surface area contributed by atoms with Gasteiger partial charge in [0.2, 0.25) is 0 Å². The summed E-state index contributed by atoms with van der Waals surface area (Å²) in [4.78, 5) is 11.5. The molecule has 0 spiro atoms. The van der Waals surface area contributed by atoms with Crippen LogP contribution in [0.3, 0.4) is 0 Å². The Bertz CT molecular complexity index is 953. The maximum Gasteiger partial charge on any atom is 0.505 e. The first kappa shape index (κ1) is 26.5. The summed E-state index contributed by atoms with van der Waals surface area (Å²) in [6.45, 7) is 16.4. The highest BCUT2D eigenvalue weighted by Gasteiger charge is 2.70. The minimum Gasteiger partial charge on any atom is -0.450 e. The normalized spacial score (nSPS) is 53.7. The zero-order valence-corrected chi connectivity index (χ0v) is 23.7. The van der Waals surface area contributed by atoms with Gasteiger partial charge in [-0.05, 0) is 104 Å². The van der Waals surface area contributed by atoms with E-state index in [2.05, 4.69) is 47.6 Å². The van der Waals surface area contributed by atoms with Gasteiger partial charge in [-0.2, -0.15) is 0 Å². The molecule has 5 rings (SSSR count). The van der Waals surface area contributed by atoms with Crippen LogP contribution in [0, 0.1) is 50.7 Å². The number of ether oxygens (including phenoxy) is 1. The number of aliphatic hydroxyl groups is 2. The summed E-state index contributed by atoms with van der Waals surface area (Å²) < 4.78 is 5.29. The van der Waals surface area contributed by atoms with Crippen molar-refractivity contribution in [2.45, 2.75) is 118 Å². The third kappa shape index (κ3) is 3.23. The molecular weight excluding hydrogens is 452 g/mol. The number of rotatable bonds is 2. The van der Waals surface area contributed by atoms with Crippen molar-refractivity contribution in [3.05, 3.63) is 11.6 Å². The van der Waals surface area contributed by atoms with Crippen LogP contribution >= 0.6 is 0 Å². The third-order valence-electron chi connectivity index (χ3n) is 13.7. The molecule has 0 amide bonds. The summed E-state index contributed by atoms with van der Waals surface area (Å²) in [6, 6.07) is 0. The van der Waals surface area contributed by atoms with Crippen LogP contribution in [-0.4, -0.2) is 39.8 Å². The van der Waals surface area contributed by atoms with Gasteiger partial charge in [-0.25, -0.2) is 4.79 Å². The van der Waals surface area contributed by atoms with Crippen molar-refractivity contribution in [3.63, 3.8) is 0 Å². The van der Waals surface area contributed by atoms with Crippen LogP contribution in [-0.2, 0) is 4.74 Å². The number of carboxylic acid groups (broad SMARTS) is 1. The number of carbonyl (C=O) groups is 1. The Morgan fingerprint density at radius 1 is 0.972 bits per heavy atom. The summed E-state index contributed by atoms with van der Waals surface area (Å²) in [6.07, 6.45) is 10.0. The standard InChI is InChI=1S/C31H50O5/c1-19-10-15-31(18-36-25(33)34)17-16-28(5)20(24(31)30(19,7)35)8-9-22-27(4)13-12-23(32)26(2,3)21(27)11-14-29(22,28)6/h8,19,21-24,32,35H,9-18H2,1-7H3,(H,33,34)/t19-,21?,22-,23-,24-,27+,28-,29-,30-,31-/m1/s1. The average Bonchev–Trinajstić information content (AvgIpc) is 2.78. The summed E-state index contributed by atoms with van der Waals surface area (Å²) in [5.41, 5.74) is 0.340. The van der Waals surface area contributed by atoms with Gasteiger partial charge in [0.25, 0.3) is 0 Å². The van der Waals surface area contributed by atoms with Crippen molar-refractivity contribution in [2.75, 3.05) is 6.61 Å². The smallest absolute Gasteiger partial charge is 0.450 e. The molecule has 0 bridgehead atoms. The van der Waals surface area contributed by atoms with Gasteiger partial charge in [-0.3, -0.25) is 0 Å². The van der Waals surface area contributed by atoms with Gasteiger partial charge in [-0.15, -0.1) is 0 Å². The molecular formula is C31H50O5. The maximum atomic E-state index is 12.1. The lowest BCUT2D eigenvalue weighted by molar-refractivity contribution is -0.217. The lowest BCUT2D eigenvalue weighted by Crippen LogP contribution is -2.67. The molecule has 0 heterocycles. The molecule has 10 atom stereocenters. The van der Waals surface area contributed by atoms with Gasteiger partial charge in [0, 0.05) is 11.3 Å². The van der Waals surface area contributed by atoms with Gasteiger partial charge in [0.1, 0.15) is 6.61 Å². The van der Waals surface area contributed by atoms with Crippen LogP contribution in [0.25, 0.3) is 0 Å². The summed E-state index contributed by atoms with van der Waals surface area (Å²) >= 11 is 0. The Morgan fingerprint density at radius 2 is 1.67 bits per heavy atom. The highest BCUT2D eigenvalue weighted by atomic mass is 16.7. The van der Waals surface area contributed by atoms with Crippen molar-refractivity contribution in [2.24, 2.45) is 50.7 Å². The fourth-order valence-electron chi connectivity index (χ4n) is 11.1. The molecule has 5 aliphatic carbocycles. The highest BCUT2D eigenvalue weighted by molar-refractivity contribution is 5.56. The van der Waals surface area contributed by atoms with Crippen molar-refractivity contribution >= 4 is 6.16 Å². The predicted molar refractivity (Wildman–Crippen MR) is 140 cm³/mol. The topological polar surface area (TPSA) is 87.0 Å². The molecule has 0 aromatic rings. The number of hydrogen-bond acceptors (Lipinski definition) is 4. The predicted octanol–water partition coefficient (Wildman–Crippen LogP) is 6.81. The second-order valence-corrected chi connectivity index (χ2v) is 15.2. The number of aliphatic hydroxyl groups excluding tert-OH is 1. The van der Waals surface area contributed by atoms with Gasteiger partial charge in [0.05, 0.1) is 11.7 Å². The number of hydrogen-bond donors (Lipinski definition) is 3. The van der Waals surface area contributed by atoms with E-state index in [-0.39, 0.29) is 51.6 Å². The largest absolute Gasteiger partial charge is 0.505 e. The van der Waals surface area contributed by atoms with E-state index in [1.165, 1.54) is 5.57 Å². The Morgan fingerprint density at radius 3 is 2.33 bits per heavy atom. The van der Waals surface area contributed by atoms with Crippen molar-refractivity contribution in [3.8, 4) is 0 Å². The van der Waals surface area contributed by atoms with Gasteiger partial charge in [0.15, 0.2) is 0 Å². The van der Waals surface area contributed by atoms with Crippen molar-refractivity contribution in [1.82, 2.24) is 0 Å². The second-order valence-electron chi connectivity index (χ2n) is 15.2. The summed E-state index contributed by atoms with van der Waals surface area (Å²) in [7, 11) is 0. The van der Waals surface area contributed by atoms with Crippen LogP contribution in [0.1, 0.15) is 106 Å². The van der Waals surface area contributed by atoms with Crippen molar-refractivity contribution in [1.29, 1.82) is 0 Å². The maximum absolute atomic E-state index is 12.1. The molecule has 204 valence electrons. The fraction of sp³-hybridized carbons (Fsp3) is 0.903. The molecule has 3 N–H and O–H groups in total. The summed E-state index contributed by atoms with van der Waals surface area (Å²) in [5.74, 6) is 1.12. The zero-order chi connectivity index (χ0) is 26.5. The molecule has 0 radical (unpaired) electrons. The monoisotopic (exact) mass is 502 g/mol. The Hall–Kier alpha value is -1.07. The molecule has 0 aliphatic heterocycles. The van der Waals surface area contributed by atoms with E-state index in [9.17, 15) is 20.1 Å². The van der Waals surface area contributed by atoms with E-state index in [0.717, 1.165) is 57.8 Å². The first-order valence-corrected chi connectivity index (χ1v) is 14.5. The molecule has 4 saturated carbocycles. The van der Waals surface area contributed by atoms with E-state index in [0.29, 0.717) is 11.8 Å². The molecule has 1 unspecified atom stereocenters. The Kier molecular flexibility index (Phi) is 5.88. The number of fused-ring (bicyclic) bond motifs is 7. The fourth-order valence-corrected chi connectivity index (χ4v) is 11.1. The van der Waals surface area contributed by atoms with E-state index in [1.54, 1.807) is 0 Å². The minimum absolute atomic E-state index is 0.0391. The molecule has 5 aliphatic rings. The van der Waals surface area contributed by atoms with E-state index in [4.69, 9.17) is 4.74 Å². The van der Waals surface area contributed by atoms with Crippen molar-refractivity contribution < 1.29 is 24.9 Å². The molecule has 4 fully saturated rings. The van der Waals surface area contributed by atoms with Gasteiger partial charge < -0.3 is 20.1 Å². The molecule has 0 aromatic carbocycles. The lowest BCUT2D eigenvalue weighted by Gasteiger charge is -2.72. The first-order chi connectivity index (χ1) is 16.6. The average molecular weight is 503 g/mol. The zero-order valence-electron chi connectivity index (χ0n) is 23.7. The first-order valence-electron chi connectivity index (χ1n) is 14.5. The molecule has 0 saturated heterocycles. The van der Waals surface area contributed by atoms with Gasteiger partial charge in [-0.1, -0.05) is 53.2 Å². The quantitative estimate of drug-likeness (QED) is 0.285. The second kappa shape index (κ2) is 7.97. The van der Waals surface area contributed by atoms with Gasteiger partial charge >= 0.3 is 6.16 Å². The molecule has 36 heavy (non-hydrogen) atoms. The SMILES string of the molecule is C[C@@H]1CC[C@]2(COC(=O)O)CC[C@]3(C)C(=CC[C@@H]4[C@@]5(C)CC[C@@H](O)C(C)(C)C5CC[C@]43C)[C@@H]2[C@]1(C)O. The van der Waals surface area contributed by atoms with Crippen LogP contribution in [0.5, 0.6) is 0 Å². The highest BCUT2D eigenvalue weighted by Crippen LogP contribution is 2.76.